The largest absolute Gasteiger partial charge is 0.480 e. The highest BCUT2D eigenvalue weighted by Gasteiger charge is 2.20. The van der Waals surface area contributed by atoms with Gasteiger partial charge in [-0.1, -0.05) is 36.9 Å². The molecule has 0 spiro atoms. The highest BCUT2D eigenvalue weighted by Crippen LogP contribution is 2.04. The van der Waals surface area contributed by atoms with Crippen LogP contribution in [-0.2, 0) is 20.9 Å². The second-order valence-electron chi connectivity index (χ2n) is 5.09. The van der Waals surface area contributed by atoms with E-state index in [1.807, 2.05) is 18.2 Å². The first-order chi connectivity index (χ1) is 11.5. The molecule has 0 aromatic heterocycles. The van der Waals surface area contributed by atoms with Crippen molar-refractivity contribution >= 4 is 18.0 Å². The number of carbonyl (C=O) groups excluding carboxylic acids is 2. The van der Waals surface area contributed by atoms with Crippen molar-refractivity contribution in [1.29, 1.82) is 0 Å². The van der Waals surface area contributed by atoms with Crippen LogP contribution in [0.25, 0.3) is 0 Å². The lowest BCUT2D eigenvalue weighted by molar-refractivity contribution is -0.139. The molecule has 0 fully saturated rings. The fraction of sp³-hybridized carbons (Fsp3) is 0.353. The van der Waals surface area contributed by atoms with Crippen molar-refractivity contribution < 1.29 is 24.2 Å². The number of unbranched alkanes of at least 4 members (excludes halogenated alkanes) is 1. The van der Waals surface area contributed by atoms with Gasteiger partial charge < -0.3 is 20.5 Å². The highest BCUT2D eigenvalue weighted by molar-refractivity contribution is 5.86. The van der Waals surface area contributed by atoms with E-state index in [1.54, 1.807) is 12.1 Å². The zero-order chi connectivity index (χ0) is 17.8. The van der Waals surface area contributed by atoms with Gasteiger partial charge in [-0.05, 0) is 30.9 Å². The topological polar surface area (TPSA) is 105 Å². The SMILES string of the molecule is C=CC(=O)NCCCC[C@H](NC(=O)OCc1ccccc1)C(=O)O. The maximum Gasteiger partial charge on any atom is 0.408 e. The Morgan fingerprint density at radius 3 is 2.54 bits per heavy atom. The van der Waals surface area contributed by atoms with Crippen molar-refractivity contribution in [1.82, 2.24) is 10.6 Å². The normalized spacial score (nSPS) is 11.2. The molecule has 1 aromatic carbocycles. The number of amides is 2. The Morgan fingerprint density at radius 2 is 1.92 bits per heavy atom. The number of ether oxygens (including phenoxy) is 1. The third-order valence-electron chi connectivity index (χ3n) is 3.21. The Bertz CT molecular complexity index is 559. The lowest BCUT2D eigenvalue weighted by atomic mass is 10.1. The standard InChI is InChI=1S/C17H22N2O5/c1-2-15(20)18-11-7-6-10-14(16(21)22)19-17(23)24-12-13-8-4-3-5-9-13/h2-5,8-9,14H,1,6-7,10-12H2,(H,18,20)(H,19,23)(H,21,22)/t14-/m0/s1. The first kappa shape index (κ1) is 19.2. The Balaban J connectivity index is 2.29. The molecule has 130 valence electrons. The zero-order valence-electron chi connectivity index (χ0n) is 13.4. The number of alkyl carbamates (subject to hydrolysis) is 1. The predicted molar refractivity (Wildman–Crippen MR) is 88.2 cm³/mol. The minimum absolute atomic E-state index is 0.0760. The summed E-state index contributed by atoms with van der Waals surface area (Å²) in [6.45, 7) is 3.83. The first-order valence-electron chi connectivity index (χ1n) is 7.63. The highest BCUT2D eigenvalue weighted by atomic mass is 16.5. The predicted octanol–water partition coefficient (Wildman–Crippen LogP) is 1.84. The summed E-state index contributed by atoms with van der Waals surface area (Å²) in [5.74, 6) is -1.39. The number of rotatable bonds is 10. The van der Waals surface area contributed by atoms with Gasteiger partial charge in [0.2, 0.25) is 5.91 Å². The van der Waals surface area contributed by atoms with Gasteiger partial charge in [0.25, 0.3) is 0 Å². The van der Waals surface area contributed by atoms with Gasteiger partial charge in [0.05, 0.1) is 0 Å². The van der Waals surface area contributed by atoms with E-state index in [0.717, 1.165) is 5.56 Å². The molecule has 2 amide bonds. The minimum atomic E-state index is -1.12. The molecular weight excluding hydrogens is 312 g/mol. The van der Waals surface area contributed by atoms with Gasteiger partial charge in [-0.2, -0.15) is 0 Å². The monoisotopic (exact) mass is 334 g/mol. The average Bonchev–Trinajstić information content (AvgIpc) is 2.59. The Morgan fingerprint density at radius 1 is 1.21 bits per heavy atom. The lowest BCUT2D eigenvalue weighted by Gasteiger charge is -2.14. The second kappa shape index (κ2) is 10.8. The van der Waals surface area contributed by atoms with Crippen molar-refractivity contribution in [3.05, 3.63) is 48.6 Å². The van der Waals surface area contributed by atoms with E-state index >= 15 is 0 Å². The van der Waals surface area contributed by atoms with Gasteiger partial charge in [0, 0.05) is 6.54 Å². The van der Waals surface area contributed by atoms with Crippen LogP contribution in [-0.4, -0.2) is 35.7 Å². The van der Waals surface area contributed by atoms with E-state index < -0.39 is 18.1 Å². The van der Waals surface area contributed by atoms with Crippen LogP contribution in [0.3, 0.4) is 0 Å². The Kier molecular flexibility index (Phi) is 8.67. The molecule has 1 rings (SSSR count). The molecule has 7 nitrogen and oxygen atoms in total. The summed E-state index contributed by atoms with van der Waals surface area (Å²) < 4.78 is 5.00. The molecule has 0 unspecified atom stereocenters. The van der Waals surface area contributed by atoms with E-state index in [4.69, 9.17) is 9.84 Å². The van der Waals surface area contributed by atoms with Gasteiger partial charge in [0.1, 0.15) is 12.6 Å². The van der Waals surface area contributed by atoms with Gasteiger partial charge in [-0.15, -0.1) is 0 Å². The molecule has 1 aromatic rings. The Hall–Kier alpha value is -2.83. The van der Waals surface area contributed by atoms with Crippen molar-refractivity contribution in [2.75, 3.05) is 6.54 Å². The number of hydrogen-bond acceptors (Lipinski definition) is 4. The van der Waals surface area contributed by atoms with Crippen LogP contribution in [0.4, 0.5) is 4.79 Å². The van der Waals surface area contributed by atoms with Crippen LogP contribution < -0.4 is 10.6 Å². The number of nitrogens with one attached hydrogen (secondary N) is 2. The fourth-order valence-corrected chi connectivity index (χ4v) is 1.92. The van der Waals surface area contributed by atoms with Crippen molar-refractivity contribution in [3.8, 4) is 0 Å². The molecule has 1 atom stereocenters. The van der Waals surface area contributed by atoms with Gasteiger partial charge in [0.15, 0.2) is 0 Å². The molecule has 3 N–H and O–H groups in total. The molecule has 24 heavy (non-hydrogen) atoms. The van der Waals surface area contributed by atoms with Gasteiger partial charge >= 0.3 is 12.1 Å². The third-order valence-corrected chi connectivity index (χ3v) is 3.21. The van der Waals surface area contributed by atoms with E-state index in [-0.39, 0.29) is 18.9 Å². The molecule has 0 bridgehead atoms. The van der Waals surface area contributed by atoms with E-state index in [1.165, 1.54) is 6.08 Å². The summed E-state index contributed by atoms with van der Waals surface area (Å²) in [5.41, 5.74) is 0.817. The maximum atomic E-state index is 11.7. The molecule has 0 aliphatic carbocycles. The quantitative estimate of drug-likeness (QED) is 0.447. The van der Waals surface area contributed by atoms with Crippen LogP contribution in [0.2, 0.25) is 0 Å². The number of carbonyl (C=O) groups is 3. The average molecular weight is 334 g/mol. The van der Waals surface area contributed by atoms with Gasteiger partial charge in [-0.3, -0.25) is 4.79 Å². The lowest BCUT2D eigenvalue weighted by Crippen LogP contribution is -2.41. The zero-order valence-corrected chi connectivity index (χ0v) is 13.4. The summed E-state index contributed by atoms with van der Waals surface area (Å²) >= 11 is 0. The van der Waals surface area contributed by atoms with Crippen LogP contribution in [0, 0.1) is 0 Å². The van der Waals surface area contributed by atoms with Crippen LogP contribution >= 0.6 is 0 Å². The smallest absolute Gasteiger partial charge is 0.408 e. The van der Waals surface area contributed by atoms with Gasteiger partial charge in [-0.25, -0.2) is 9.59 Å². The molecule has 0 heterocycles. The number of benzene rings is 1. The summed E-state index contributed by atoms with van der Waals surface area (Å²) in [7, 11) is 0. The molecule has 0 saturated carbocycles. The number of carboxylic acids is 1. The van der Waals surface area contributed by atoms with E-state index in [2.05, 4.69) is 17.2 Å². The maximum absolute atomic E-state index is 11.7. The van der Waals surface area contributed by atoms with Crippen molar-refractivity contribution in [2.24, 2.45) is 0 Å². The number of hydrogen-bond donors (Lipinski definition) is 3. The van der Waals surface area contributed by atoms with Crippen LogP contribution in [0.15, 0.2) is 43.0 Å². The van der Waals surface area contributed by atoms with Crippen LogP contribution in [0.1, 0.15) is 24.8 Å². The van der Waals surface area contributed by atoms with E-state index in [9.17, 15) is 14.4 Å². The second-order valence-corrected chi connectivity index (χ2v) is 5.09. The summed E-state index contributed by atoms with van der Waals surface area (Å²) in [6, 6.07) is 8.08. The van der Waals surface area contributed by atoms with Crippen molar-refractivity contribution in [3.63, 3.8) is 0 Å². The summed E-state index contributed by atoms with van der Waals surface area (Å²) in [6.07, 6.45) is 1.79. The minimum Gasteiger partial charge on any atom is -0.480 e. The molecule has 0 aliphatic rings. The van der Waals surface area contributed by atoms with Crippen LogP contribution in [0.5, 0.6) is 0 Å². The first-order valence-corrected chi connectivity index (χ1v) is 7.63. The molecule has 0 radical (unpaired) electrons. The molecule has 7 heteroatoms. The summed E-state index contributed by atoms with van der Waals surface area (Å²) in [4.78, 5) is 33.8. The molecule has 0 saturated heterocycles. The van der Waals surface area contributed by atoms with E-state index in [0.29, 0.717) is 19.4 Å². The Labute approximate surface area is 140 Å². The molecular formula is C17H22N2O5. The van der Waals surface area contributed by atoms with Crippen molar-refractivity contribution in [2.45, 2.75) is 31.9 Å². The fourth-order valence-electron chi connectivity index (χ4n) is 1.92. The molecule has 0 aliphatic heterocycles. The number of aliphatic carboxylic acids is 1. The number of carboxylic acid groups (broad SMARTS) is 1. The third kappa shape index (κ3) is 7.98. The summed E-state index contributed by atoms with van der Waals surface area (Å²) in [5, 5.41) is 14.1.